The predicted octanol–water partition coefficient (Wildman–Crippen LogP) is 4.49. The van der Waals surface area contributed by atoms with Crippen LogP contribution in [0.15, 0.2) is 24.3 Å². The van der Waals surface area contributed by atoms with E-state index in [1.54, 1.807) is 0 Å². The van der Waals surface area contributed by atoms with E-state index in [2.05, 4.69) is 50.4 Å². The fraction of sp³-hybridized carbons (Fsp3) is 0.625. The second-order valence-electron chi connectivity index (χ2n) is 5.81. The van der Waals surface area contributed by atoms with Gasteiger partial charge < -0.3 is 5.32 Å². The molecule has 0 aromatic heterocycles. The van der Waals surface area contributed by atoms with Crippen LogP contribution in [-0.2, 0) is 6.42 Å². The predicted molar refractivity (Wildman–Crippen MR) is 75.4 cm³/mol. The molecule has 1 aromatic rings. The molecule has 1 N–H and O–H groups in total. The standard InChI is InChI=1S/C16H25N/c1-4-14-5-7-15(8-6-14)17-16-10-12(2)9-13(3)11-16/h5-8,12-13,16-17H,4,9-11H2,1-3H3. The third kappa shape index (κ3) is 3.49. The molecular formula is C16H25N. The minimum Gasteiger partial charge on any atom is -0.382 e. The molecule has 0 amide bonds. The van der Waals surface area contributed by atoms with Crippen LogP contribution in [0, 0.1) is 11.8 Å². The molecule has 2 rings (SSSR count). The molecule has 0 bridgehead atoms. The summed E-state index contributed by atoms with van der Waals surface area (Å²) in [4.78, 5) is 0. The van der Waals surface area contributed by atoms with E-state index in [1.807, 2.05) is 0 Å². The third-order valence-electron chi connectivity index (χ3n) is 3.91. The van der Waals surface area contributed by atoms with Gasteiger partial charge >= 0.3 is 0 Å². The maximum absolute atomic E-state index is 3.69. The molecule has 1 nitrogen and oxygen atoms in total. The van der Waals surface area contributed by atoms with Gasteiger partial charge in [-0.2, -0.15) is 0 Å². The first kappa shape index (κ1) is 12.5. The molecule has 17 heavy (non-hydrogen) atoms. The van der Waals surface area contributed by atoms with Crippen molar-refractivity contribution in [2.45, 2.75) is 52.5 Å². The van der Waals surface area contributed by atoms with E-state index in [-0.39, 0.29) is 0 Å². The number of aryl methyl sites for hydroxylation is 1. The Morgan fingerprint density at radius 3 is 2.12 bits per heavy atom. The first-order chi connectivity index (χ1) is 8.17. The van der Waals surface area contributed by atoms with Crippen LogP contribution in [0.1, 0.15) is 45.6 Å². The van der Waals surface area contributed by atoms with Crippen molar-refractivity contribution in [3.05, 3.63) is 29.8 Å². The number of benzene rings is 1. The van der Waals surface area contributed by atoms with Gasteiger partial charge in [-0.15, -0.1) is 0 Å². The van der Waals surface area contributed by atoms with Gasteiger partial charge in [-0.1, -0.05) is 32.9 Å². The molecule has 0 heterocycles. The first-order valence-electron chi connectivity index (χ1n) is 7.02. The van der Waals surface area contributed by atoms with Crippen molar-refractivity contribution in [3.63, 3.8) is 0 Å². The summed E-state index contributed by atoms with van der Waals surface area (Å²) >= 11 is 0. The SMILES string of the molecule is CCc1ccc(NC2CC(C)CC(C)C2)cc1. The van der Waals surface area contributed by atoms with E-state index in [1.165, 1.54) is 30.5 Å². The average Bonchev–Trinajstić information content (AvgIpc) is 2.28. The van der Waals surface area contributed by atoms with Crippen LogP contribution in [0.3, 0.4) is 0 Å². The van der Waals surface area contributed by atoms with Crippen molar-refractivity contribution in [3.8, 4) is 0 Å². The fourth-order valence-electron chi connectivity index (χ4n) is 3.14. The zero-order valence-electron chi connectivity index (χ0n) is 11.4. The van der Waals surface area contributed by atoms with Crippen LogP contribution < -0.4 is 5.32 Å². The van der Waals surface area contributed by atoms with Gasteiger partial charge in [0.25, 0.3) is 0 Å². The second kappa shape index (κ2) is 5.57. The van der Waals surface area contributed by atoms with E-state index in [9.17, 15) is 0 Å². The lowest BCUT2D eigenvalue weighted by Gasteiger charge is -2.32. The van der Waals surface area contributed by atoms with Crippen molar-refractivity contribution in [2.24, 2.45) is 11.8 Å². The van der Waals surface area contributed by atoms with Gasteiger partial charge in [-0.3, -0.25) is 0 Å². The number of rotatable bonds is 3. The number of hydrogen-bond donors (Lipinski definition) is 1. The number of hydrogen-bond acceptors (Lipinski definition) is 1. The van der Waals surface area contributed by atoms with Crippen molar-refractivity contribution < 1.29 is 0 Å². The molecule has 1 aliphatic carbocycles. The lowest BCUT2D eigenvalue weighted by Crippen LogP contribution is -2.30. The highest BCUT2D eigenvalue weighted by molar-refractivity contribution is 5.45. The van der Waals surface area contributed by atoms with Crippen molar-refractivity contribution in [2.75, 3.05) is 5.32 Å². The smallest absolute Gasteiger partial charge is 0.0342 e. The van der Waals surface area contributed by atoms with Gasteiger partial charge in [0.05, 0.1) is 0 Å². The lowest BCUT2D eigenvalue weighted by atomic mass is 9.80. The maximum Gasteiger partial charge on any atom is 0.0342 e. The van der Waals surface area contributed by atoms with Crippen LogP contribution in [0.2, 0.25) is 0 Å². The highest BCUT2D eigenvalue weighted by atomic mass is 14.9. The normalized spacial score (nSPS) is 29.0. The van der Waals surface area contributed by atoms with Crippen molar-refractivity contribution in [1.82, 2.24) is 0 Å². The summed E-state index contributed by atoms with van der Waals surface area (Å²) in [6.45, 7) is 6.96. The summed E-state index contributed by atoms with van der Waals surface area (Å²) in [5.74, 6) is 1.73. The molecule has 1 fully saturated rings. The van der Waals surface area contributed by atoms with Crippen LogP contribution in [0.5, 0.6) is 0 Å². The lowest BCUT2D eigenvalue weighted by molar-refractivity contribution is 0.281. The highest BCUT2D eigenvalue weighted by Gasteiger charge is 2.23. The molecule has 1 aliphatic rings. The van der Waals surface area contributed by atoms with Gasteiger partial charge in [0.1, 0.15) is 0 Å². The molecule has 1 saturated carbocycles. The van der Waals surface area contributed by atoms with E-state index >= 15 is 0 Å². The molecule has 1 aromatic carbocycles. The van der Waals surface area contributed by atoms with Crippen LogP contribution in [0.25, 0.3) is 0 Å². The molecular weight excluding hydrogens is 206 g/mol. The molecule has 2 atom stereocenters. The summed E-state index contributed by atoms with van der Waals surface area (Å²) in [6.07, 6.45) is 5.16. The minimum atomic E-state index is 0.668. The first-order valence-corrected chi connectivity index (χ1v) is 7.02. The molecule has 0 spiro atoms. The van der Waals surface area contributed by atoms with E-state index in [4.69, 9.17) is 0 Å². The van der Waals surface area contributed by atoms with E-state index < -0.39 is 0 Å². The highest BCUT2D eigenvalue weighted by Crippen LogP contribution is 2.30. The second-order valence-corrected chi connectivity index (χ2v) is 5.81. The van der Waals surface area contributed by atoms with E-state index in [0.29, 0.717) is 6.04 Å². The molecule has 0 saturated heterocycles. The van der Waals surface area contributed by atoms with Crippen LogP contribution in [0.4, 0.5) is 5.69 Å². The Labute approximate surface area is 106 Å². The minimum absolute atomic E-state index is 0.668. The zero-order chi connectivity index (χ0) is 12.3. The summed E-state index contributed by atoms with van der Waals surface area (Å²) < 4.78 is 0. The van der Waals surface area contributed by atoms with Crippen LogP contribution >= 0.6 is 0 Å². The Morgan fingerprint density at radius 2 is 1.59 bits per heavy atom. The maximum atomic E-state index is 3.69. The van der Waals surface area contributed by atoms with E-state index in [0.717, 1.165) is 18.3 Å². The largest absolute Gasteiger partial charge is 0.382 e. The quantitative estimate of drug-likeness (QED) is 0.808. The molecule has 1 heteroatoms. The Kier molecular flexibility index (Phi) is 4.09. The fourth-order valence-corrected chi connectivity index (χ4v) is 3.14. The molecule has 2 unspecified atom stereocenters. The van der Waals surface area contributed by atoms with Gasteiger partial charge in [0.15, 0.2) is 0 Å². The van der Waals surface area contributed by atoms with Gasteiger partial charge in [-0.25, -0.2) is 0 Å². The number of nitrogens with one attached hydrogen (secondary N) is 1. The Hall–Kier alpha value is -0.980. The summed E-state index contributed by atoms with van der Waals surface area (Å²) in [5.41, 5.74) is 2.70. The Bertz CT molecular complexity index is 331. The molecule has 94 valence electrons. The van der Waals surface area contributed by atoms with Crippen molar-refractivity contribution in [1.29, 1.82) is 0 Å². The van der Waals surface area contributed by atoms with Gasteiger partial charge in [-0.05, 0) is 55.2 Å². The number of anilines is 1. The monoisotopic (exact) mass is 231 g/mol. The molecule has 0 radical (unpaired) electrons. The zero-order valence-corrected chi connectivity index (χ0v) is 11.4. The Balaban J connectivity index is 1.95. The Morgan fingerprint density at radius 1 is 1.00 bits per heavy atom. The van der Waals surface area contributed by atoms with Gasteiger partial charge in [0.2, 0.25) is 0 Å². The topological polar surface area (TPSA) is 12.0 Å². The summed E-state index contributed by atoms with van der Waals surface area (Å²) in [6, 6.07) is 9.59. The van der Waals surface area contributed by atoms with Gasteiger partial charge in [0, 0.05) is 11.7 Å². The third-order valence-corrected chi connectivity index (χ3v) is 3.91. The van der Waals surface area contributed by atoms with Crippen molar-refractivity contribution >= 4 is 5.69 Å². The molecule has 0 aliphatic heterocycles. The average molecular weight is 231 g/mol. The van der Waals surface area contributed by atoms with Crippen LogP contribution in [-0.4, -0.2) is 6.04 Å². The summed E-state index contributed by atoms with van der Waals surface area (Å²) in [5, 5.41) is 3.69. The summed E-state index contributed by atoms with van der Waals surface area (Å²) in [7, 11) is 0.